The number of amides is 1. The molecule has 7 nitrogen and oxygen atoms in total. The zero-order valence-electron chi connectivity index (χ0n) is 17.9. The van der Waals surface area contributed by atoms with Crippen molar-refractivity contribution in [2.75, 3.05) is 5.32 Å². The van der Waals surface area contributed by atoms with Crippen LogP contribution in [0.3, 0.4) is 0 Å². The molecular formula is C23H21F3N4O3. The minimum atomic E-state index is -4.78. The predicted molar refractivity (Wildman–Crippen MR) is 116 cm³/mol. The number of carbonyl (C=O) groups is 1. The van der Waals surface area contributed by atoms with Crippen LogP contribution in [-0.2, 0) is 17.8 Å². The van der Waals surface area contributed by atoms with Gasteiger partial charge in [0.05, 0.1) is 0 Å². The van der Waals surface area contributed by atoms with Crippen LogP contribution in [0.25, 0.3) is 22.5 Å². The molecule has 0 spiro atoms. The summed E-state index contributed by atoms with van der Waals surface area (Å²) in [6.45, 7) is 4.03. The molecule has 0 atom stereocenters. The van der Waals surface area contributed by atoms with E-state index in [1.165, 1.54) is 12.1 Å². The lowest BCUT2D eigenvalue weighted by Crippen LogP contribution is -2.19. The van der Waals surface area contributed by atoms with Gasteiger partial charge >= 0.3 is 6.36 Å². The molecule has 1 N–H and O–H groups in total. The van der Waals surface area contributed by atoms with Gasteiger partial charge in [0.25, 0.3) is 5.89 Å². The Labute approximate surface area is 187 Å². The zero-order valence-corrected chi connectivity index (χ0v) is 17.9. The van der Waals surface area contributed by atoms with Gasteiger partial charge in [-0.25, -0.2) is 0 Å². The minimum absolute atomic E-state index is 0.0639. The summed E-state index contributed by atoms with van der Waals surface area (Å²) in [4.78, 5) is 12.8. The van der Waals surface area contributed by atoms with E-state index in [1.807, 2.05) is 44.2 Å². The van der Waals surface area contributed by atoms with Gasteiger partial charge in [-0.3, -0.25) is 4.79 Å². The predicted octanol–water partition coefficient (Wildman–Crippen LogP) is 5.43. The number of benzene rings is 2. The molecule has 1 amide bonds. The fraction of sp³-hybridized carbons (Fsp3) is 0.261. The highest BCUT2D eigenvalue weighted by Crippen LogP contribution is 2.28. The molecule has 0 unspecified atom stereocenters. The summed E-state index contributed by atoms with van der Waals surface area (Å²) in [5.74, 6) is 0.436. The Morgan fingerprint density at radius 1 is 1.12 bits per heavy atom. The number of hydrogen-bond acceptors (Lipinski definition) is 5. The van der Waals surface area contributed by atoms with Crippen LogP contribution in [0, 0.1) is 5.92 Å². The van der Waals surface area contributed by atoms with Crippen molar-refractivity contribution in [2.45, 2.75) is 33.2 Å². The Kier molecular flexibility index (Phi) is 6.08. The molecule has 0 aliphatic heterocycles. The van der Waals surface area contributed by atoms with Crippen LogP contribution < -0.4 is 10.1 Å². The van der Waals surface area contributed by atoms with Gasteiger partial charge in [-0.15, -0.1) is 23.4 Å². The van der Waals surface area contributed by atoms with E-state index in [9.17, 15) is 18.0 Å². The maximum atomic E-state index is 12.8. The van der Waals surface area contributed by atoms with E-state index in [1.54, 1.807) is 4.57 Å². The van der Waals surface area contributed by atoms with Crippen LogP contribution in [0.4, 0.5) is 18.9 Å². The molecule has 0 aliphatic carbocycles. The molecule has 0 saturated carbocycles. The number of hydrogen-bond donors (Lipinski definition) is 1. The van der Waals surface area contributed by atoms with Crippen molar-refractivity contribution in [2.24, 2.45) is 5.92 Å². The summed E-state index contributed by atoms with van der Waals surface area (Å²) < 4.78 is 48.4. The lowest BCUT2D eigenvalue weighted by Gasteiger charge is -2.11. The first-order valence-corrected chi connectivity index (χ1v) is 10.2. The van der Waals surface area contributed by atoms with Gasteiger partial charge in [0.1, 0.15) is 18.0 Å². The molecule has 33 heavy (non-hydrogen) atoms. The summed E-state index contributed by atoms with van der Waals surface area (Å²) in [7, 11) is 0. The summed E-state index contributed by atoms with van der Waals surface area (Å²) in [6, 6.07) is 14.4. The number of fused-ring (bicyclic) bond motifs is 1. The zero-order chi connectivity index (χ0) is 23.6. The van der Waals surface area contributed by atoms with Crippen molar-refractivity contribution in [3.8, 4) is 17.3 Å². The highest BCUT2D eigenvalue weighted by Gasteiger charge is 2.31. The molecule has 10 heteroatoms. The molecule has 2 aromatic carbocycles. The monoisotopic (exact) mass is 458 g/mol. The number of aromatic nitrogens is 3. The van der Waals surface area contributed by atoms with Crippen LogP contribution >= 0.6 is 0 Å². The van der Waals surface area contributed by atoms with Crippen molar-refractivity contribution in [1.29, 1.82) is 0 Å². The molecule has 4 aromatic rings. The third-order valence-corrected chi connectivity index (χ3v) is 4.75. The maximum Gasteiger partial charge on any atom is 0.573 e. The largest absolute Gasteiger partial charge is 0.573 e. The Morgan fingerprint density at radius 2 is 1.85 bits per heavy atom. The van der Waals surface area contributed by atoms with E-state index in [0.29, 0.717) is 35.5 Å². The Morgan fingerprint density at radius 3 is 2.55 bits per heavy atom. The van der Waals surface area contributed by atoms with E-state index < -0.39 is 6.36 Å². The number of nitrogens with one attached hydrogen (secondary N) is 1. The summed E-state index contributed by atoms with van der Waals surface area (Å²) >= 11 is 0. The number of ether oxygens (including phenoxy) is 1. The highest BCUT2D eigenvalue weighted by molar-refractivity contribution is 5.93. The number of anilines is 1. The topological polar surface area (TPSA) is 82.2 Å². The molecule has 2 heterocycles. The number of nitrogens with zero attached hydrogens (tertiary/aromatic N) is 3. The Balaban J connectivity index is 1.56. The molecule has 4 rings (SSSR count). The van der Waals surface area contributed by atoms with E-state index in [2.05, 4.69) is 20.3 Å². The van der Waals surface area contributed by atoms with E-state index >= 15 is 0 Å². The van der Waals surface area contributed by atoms with Gasteiger partial charge in [-0.2, -0.15) is 0 Å². The summed E-state index contributed by atoms with van der Waals surface area (Å²) in [5.41, 5.74) is 1.74. The fourth-order valence-electron chi connectivity index (χ4n) is 3.43. The van der Waals surface area contributed by atoms with Crippen molar-refractivity contribution < 1.29 is 27.1 Å². The van der Waals surface area contributed by atoms with Gasteiger partial charge in [0.15, 0.2) is 0 Å². The minimum Gasteiger partial charge on any atom is -0.419 e. The molecule has 172 valence electrons. The second kappa shape index (κ2) is 8.97. The maximum absolute atomic E-state index is 12.8. The van der Waals surface area contributed by atoms with Gasteiger partial charge < -0.3 is 19.0 Å². The second-order valence-electron chi connectivity index (χ2n) is 7.89. The first-order chi connectivity index (χ1) is 15.7. The molecular weight excluding hydrogens is 437 g/mol. The van der Waals surface area contributed by atoms with Crippen molar-refractivity contribution in [1.82, 2.24) is 14.8 Å². The van der Waals surface area contributed by atoms with Gasteiger partial charge in [0.2, 0.25) is 11.8 Å². The number of alkyl halides is 3. The van der Waals surface area contributed by atoms with Gasteiger partial charge in [-0.1, -0.05) is 32.0 Å². The fourth-order valence-corrected chi connectivity index (χ4v) is 3.43. The number of halogens is 3. The van der Waals surface area contributed by atoms with Crippen molar-refractivity contribution in [3.05, 3.63) is 60.5 Å². The molecule has 0 fully saturated rings. The van der Waals surface area contributed by atoms with Crippen LogP contribution in [0.1, 0.15) is 19.7 Å². The molecule has 2 aromatic heterocycles. The quantitative estimate of drug-likeness (QED) is 0.400. The third-order valence-electron chi connectivity index (χ3n) is 4.75. The number of rotatable bonds is 7. The van der Waals surface area contributed by atoms with Gasteiger partial charge in [0, 0.05) is 23.0 Å². The first-order valence-electron chi connectivity index (χ1n) is 10.2. The molecule has 0 aliphatic rings. The lowest BCUT2D eigenvalue weighted by atomic mass is 10.1. The normalized spacial score (nSPS) is 11.8. The number of para-hydroxylation sites is 1. The van der Waals surface area contributed by atoms with Crippen molar-refractivity contribution >= 4 is 22.5 Å². The average Bonchev–Trinajstić information content (AvgIpc) is 3.33. The Hall–Kier alpha value is -3.82. The lowest BCUT2D eigenvalue weighted by molar-refractivity contribution is -0.274. The second-order valence-corrected chi connectivity index (χ2v) is 7.89. The van der Waals surface area contributed by atoms with Crippen LogP contribution in [0.15, 0.2) is 59.0 Å². The molecule has 0 bridgehead atoms. The van der Waals surface area contributed by atoms with Crippen LogP contribution in [0.5, 0.6) is 5.75 Å². The third kappa shape index (κ3) is 5.51. The van der Waals surface area contributed by atoms with Gasteiger partial charge in [-0.05, 0) is 42.3 Å². The summed E-state index contributed by atoms with van der Waals surface area (Å²) in [6.07, 6.45) is -4.14. The van der Waals surface area contributed by atoms with Crippen LogP contribution in [0.2, 0.25) is 0 Å². The highest BCUT2D eigenvalue weighted by atomic mass is 19.4. The standard InChI is InChI=1S/C23H21F3N4O3/c1-14(2)11-21-28-29-22(32-21)19-12-15-5-3-4-6-18(15)30(19)13-20(31)27-16-7-9-17(10-8-16)33-23(24,25)26/h3-10,12,14H,11,13H2,1-2H3,(H,27,31). The van der Waals surface area contributed by atoms with Crippen molar-refractivity contribution in [3.63, 3.8) is 0 Å². The van der Waals surface area contributed by atoms with E-state index in [0.717, 1.165) is 23.0 Å². The van der Waals surface area contributed by atoms with E-state index in [4.69, 9.17) is 4.42 Å². The summed E-state index contributed by atoms with van der Waals surface area (Å²) in [5, 5.41) is 11.8. The van der Waals surface area contributed by atoms with E-state index in [-0.39, 0.29) is 18.2 Å². The molecule has 0 saturated heterocycles. The first kappa shape index (κ1) is 22.4. The number of carbonyl (C=O) groups excluding carboxylic acids is 1. The smallest absolute Gasteiger partial charge is 0.419 e. The SMILES string of the molecule is CC(C)Cc1nnc(-c2cc3ccccc3n2CC(=O)Nc2ccc(OC(F)(F)F)cc2)o1. The average molecular weight is 458 g/mol. The Bertz CT molecular complexity index is 1260. The van der Waals surface area contributed by atoms with Crippen LogP contribution in [-0.4, -0.2) is 27.0 Å². The molecule has 0 radical (unpaired) electrons.